The number of rotatable bonds is 2. The molecule has 4 aliphatic heterocycles. The van der Waals surface area contributed by atoms with E-state index in [0.717, 1.165) is 46.0 Å². The number of nitrogens with one attached hydrogen (secondary N) is 1. The van der Waals surface area contributed by atoms with Gasteiger partial charge in [-0.3, -0.25) is 9.69 Å². The maximum atomic E-state index is 13.1. The zero-order valence-electron chi connectivity index (χ0n) is 16.2. The Morgan fingerprint density at radius 2 is 2.04 bits per heavy atom. The molecule has 1 amide bonds. The molecule has 0 aliphatic carbocycles. The summed E-state index contributed by atoms with van der Waals surface area (Å²) in [6.45, 7) is 8.44. The van der Waals surface area contributed by atoms with E-state index in [-0.39, 0.29) is 17.5 Å². The van der Waals surface area contributed by atoms with Gasteiger partial charge in [-0.15, -0.1) is 11.3 Å². The summed E-state index contributed by atoms with van der Waals surface area (Å²) in [5, 5.41) is 4.48. The van der Waals surface area contributed by atoms with Gasteiger partial charge in [0, 0.05) is 18.6 Å². The molecule has 0 radical (unpaired) electrons. The van der Waals surface area contributed by atoms with Gasteiger partial charge in [0.05, 0.1) is 21.8 Å². The lowest BCUT2D eigenvalue weighted by molar-refractivity contribution is -0.0377. The number of thiophene rings is 1. The molecule has 3 fully saturated rings. The predicted molar refractivity (Wildman–Crippen MR) is 110 cm³/mol. The van der Waals surface area contributed by atoms with Gasteiger partial charge in [0.2, 0.25) is 0 Å². The molecule has 144 valence electrons. The number of nitrogens with zero attached hydrogens (tertiary/aromatic N) is 2. The first-order valence-corrected chi connectivity index (χ1v) is 10.7. The van der Waals surface area contributed by atoms with Crippen LogP contribution >= 0.6 is 11.3 Å². The number of ether oxygens (including phenoxy) is 1. The lowest BCUT2D eigenvalue weighted by Crippen LogP contribution is -2.69. The highest BCUT2D eigenvalue weighted by Crippen LogP contribution is 2.43. The third kappa shape index (κ3) is 2.64. The monoisotopic (exact) mass is 385 g/mol. The Balaban J connectivity index is 1.45. The van der Waals surface area contributed by atoms with Crippen LogP contribution in [0.25, 0.3) is 10.1 Å². The topological polar surface area (TPSA) is 44.8 Å². The van der Waals surface area contributed by atoms with Crippen LogP contribution < -0.4 is 15.0 Å². The van der Waals surface area contributed by atoms with Gasteiger partial charge in [0.1, 0.15) is 6.61 Å². The molecule has 6 rings (SSSR count). The summed E-state index contributed by atoms with van der Waals surface area (Å²) < 4.78 is 7.03. The lowest BCUT2D eigenvalue weighted by atomic mass is 9.72. The first-order chi connectivity index (χ1) is 12.9. The standard InChI is InChI=1S/C21H27N3O2S/c1-21(2)19(13-6-8-24(21)9-7-13)22-20(25)16-12-14-4-5-15-17(18(14)27-16)26-11-10-23(15)3/h4-5,12-13,19H,6-11H2,1-3H3,(H,22,25). The van der Waals surface area contributed by atoms with Crippen molar-refractivity contribution in [1.29, 1.82) is 0 Å². The third-order valence-electron chi connectivity index (χ3n) is 6.80. The number of amides is 1. The molecule has 1 atom stereocenters. The predicted octanol–water partition coefficient (Wildman–Crippen LogP) is 3.33. The Kier molecular flexibility index (Phi) is 3.92. The molecule has 3 saturated heterocycles. The minimum absolute atomic E-state index is 0.0263. The third-order valence-corrected chi connectivity index (χ3v) is 7.95. The Morgan fingerprint density at radius 3 is 2.78 bits per heavy atom. The lowest BCUT2D eigenvalue weighted by Gasteiger charge is -2.56. The molecule has 2 aromatic rings. The number of anilines is 1. The Hall–Kier alpha value is -1.79. The first-order valence-electron chi connectivity index (χ1n) is 9.91. The van der Waals surface area contributed by atoms with E-state index in [4.69, 9.17) is 4.74 Å². The quantitative estimate of drug-likeness (QED) is 0.861. The molecule has 4 aliphatic rings. The van der Waals surface area contributed by atoms with E-state index in [1.165, 1.54) is 12.8 Å². The van der Waals surface area contributed by atoms with Crippen molar-refractivity contribution < 1.29 is 9.53 Å². The van der Waals surface area contributed by atoms with Crippen molar-refractivity contribution in [3.8, 4) is 5.75 Å². The van der Waals surface area contributed by atoms with Gasteiger partial charge in [0.15, 0.2) is 5.75 Å². The second kappa shape index (κ2) is 6.11. The number of hydrogen-bond donors (Lipinski definition) is 1. The zero-order chi connectivity index (χ0) is 18.8. The number of benzene rings is 1. The Labute approximate surface area is 164 Å². The smallest absolute Gasteiger partial charge is 0.261 e. The van der Waals surface area contributed by atoms with Crippen LogP contribution in [0.3, 0.4) is 0 Å². The van der Waals surface area contributed by atoms with Crippen molar-refractivity contribution >= 4 is 33.0 Å². The van der Waals surface area contributed by atoms with Crippen molar-refractivity contribution in [1.82, 2.24) is 10.2 Å². The van der Waals surface area contributed by atoms with E-state index >= 15 is 0 Å². The summed E-state index contributed by atoms with van der Waals surface area (Å²) >= 11 is 1.55. The molecule has 1 unspecified atom stereocenters. The highest BCUT2D eigenvalue weighted by molar-refractivity contribution is 7.21. The molecule has 5 nitrogen and oxygen atoms in total. The van der Waals surface area contributed by atoms with Crippen molar-refractivity contribution in [2.24, 2.45) is 5.92 Å². The number of piperidine rings is 3. The molecule has 2 bridgehead atoms. The highest BCUT2D eigenvalue weighted by atomic mass is 32.1. The summed E-state index contributed by atoms with van der Waals surface area (Å²) in [5.41, 5.74) is 1.14. The van der Waals surface area contributed by atoms with Gasteiger partial charge in [-0.05, 0) is 63.2 Å². The van der Waals surface area contributed by atoms with Crippen LogP contribution in [0.4, 0.5) is 5.69 Å². The van der Waals surface area contributed by atoms with Crippen LogP contribution in [0, 0.1) is 5.92 Å². The van der Waals surface area contributed by atoms with Crippen LogP contribution in [0.1, 0.15) is 36.4 Å². The van der Waals surface area contributed by atoms with E-state index in [2.05, 4.69) is 48.1 Å². The minimum atomic E-state index is 0.0263. The number of likely N-dealkylation sites (N-methyl/N-ethyl adjacent to an activating group) is 1. The van der Waals surface area contributed by atoms with E-state index in [0.29, 0.717) is 12.5 Å². The normalized spacial score (nSPS) is 28.7. The highest BCUT2D eigenvalue weighted by Gasteiger charge is 2.48. The van der Waals surface area contributed by atoms with E-state index in [9.17, 15) is 4.79 Å². The van der Waals surface area contributed by atoms with Gasteiger partial charge < -0.3 is 15.0 Å². The van der Waals surface area contributed by atoms with Gasteiger partial charge in [0.25, 0.3) is 5.91 Å². The molecule has 27 heavy (non-hydrogen) atoms. The van der Waals surface area contributed by atoms with Crippen LogP contribution in [0.15, 0.2) is 18.2 Å². The Morgan fingerprint density at radius 1 is 1.26 bits per heavy atom. The van der Waals surface area contributed by atoms with Crippen LogP contribution in [0.5, 0.6) is 5.75 Å². The van der Waals surface area contributed by atoms with Crippen LogP contribution in [0.2, 0.25) is 0 Å². The second-order valence-electron chi connectivity index (χ2n) is 8.64. The van der Waals surface area contributed by atoms with Gasteiger partial charge in [-0.2, -0.15) is 0 Å². The summed E-state index contributed by atoms with van der Waals surface area (Å²) in [6, 6.07) is 6.43. The van der Waals surface area contributed by atoms with Gasteiger partial charge in [-0.1, -0.05) is 6.07 Å². The van der Waals surface area contributed by atoms with Crippen molar-refractivity contribution in [2.45, 2.75) is 38.3 Å². The van der Waals surface area contributed by atoms with Crippen LogP contribution in [-0.2, 0) is 0 Å². The fraction of sp³-hybridized carbons (Fsp3) is 0.571. The van der Waals surface area contributed by atoms with Crippen molar-refractivity contribution in [3.63, 3.8) is 0 Å². The molecule has 1 aromatic carbocycles. The summed E-state index contributed by atoms with van der Waals surface area (Å²) in [4.78, 5) is 18.6. The van der Waals surface area contributed by atoms with E-state index < -0.39 is 0 Å². The average Bonchev–Trinajstić information content (AvgIpc) is 3.10. The van der Waals surface area contributed by atoms with E-state index in [1.54, 1.807) is 11.3 Å². The van der Waals surface area contributed by atoms with Crippen molar-refractivity contribution in [3.05, 3.63) is 23.1 Å². The summed E-state index contributed by atoms with van der Waals surface area (Å²) in [7, 11) is 2.09. The molecule has 0 spiro atoms. The second-order valence-corrected chi connectivity index (χ2v) is 9.69. The first kappa shape index (κ1) is 17.3. The fourth-order valence-corrected chi connectivity index (χ4v) is 6.17. The molecule has 0 saturated carbocycles. The molecule has 1 N–H and O–H groups in total. The minimum Gasteiger partial charge on any atom is -0.488 e. The van der Waals surface area contributed by atoms with Crippen molar-refractivity contribution in [2.75, 3.05) is 38.2 Å². The number of fused-ring (bicyclic) bond motifs is 6. The SMILES string of the molecule is CN1CCOc2c1ccc1cc(C(=O)NC3C4CCN(CC4)C3(C)C)sc21. The summed E-state index contributed by atoms with van der Waals surface area (Å²) in [5.74, 6) is 1.57. The van der Waals surface area contributed by atoms with E-state index in [1.807, 2.05) is 6.07 Å². The molecule has 1 aromatic heterocycles. The fourth-order valence-electron chi connectivity index (χ4n) is 5.11. The average molecular weight is 386 g/mol. The maximum Gasteiger partial charge on any atom is 0.261 e. The number of carbonyl (C=O) groups is 1. The molecule has 5 heterocycles. The van der Waals surface area contributed by atoms with Crippen LogP contribution in [-0.4, -0.2) is 55.7 Å². The van der Waals surface area contributed by atoms with Gasteiger partial charge in [-0.25, -0.2) is 0 Å². The molecular weight excluding hydrogens is 358 g/mol. The molecular formula is C21H27N3O2S. The van der Waals surface area contributed by atoms with Gasteiger partial charge >= 0.3 is 0 Å². The largest absolute Gasteiger partial charge is 0.488 e. The zero-order valence-corrected chi connectivity index (χ0v) is 17.1. The Bertz CT molecular complexity index is 898. The number of hydrogen-bond acceptors (Lipinski definition) is 5. The maximum absolute atomic E-state index is 13.1. The summed E-state index contributed by atoms with van der Waals surface area (Å²) in [6.07, 6.45) is 2.38. The number of carbonyl (C=O) groups excluding carboxylic acids is 1. The molecule has 6 heteroatoms.